The number of para-hydroxylation sites is 1. The van der Waals surface area contributed by atoms with Crippen molar-refractivity contribution in [2.45, 2.75) is 26.0 Å². The molecule has 0 amide bonds. The molecule has 20 heavy (non-hydrogen) atoms. The van der Waals surface area contributed by atoms with Crippen LogP contribution in [0.2, 0.25) is 10.0 Å². The van der Waals surface area contributed by atoms with Gasteiger partial charge in [0, 0.05) is 11.3 Å². The Kier molecular flexibility index (Phi) is 4.92. The lowest BCUT2D eigenvalue weighted by atomic mass is 10.0. The number of aliphatic hydroxyl groups excluding tert-OH is 1. The molecule has 0 bridgehead atoms. The van der Waals surface area contributed by atoms with Crippen molar-refractivity contribution in [2.75, 3.05) is 5.32 Å². The van der Waals surface area contributed by atoms with Crippen molar-refractivity contribution >= 4 is 28.9 Å². The second-order valence-corrected chi connectivity index (χ2v) is 5.56. The summed E-state index contributed by atoms with van der Waals surface area (Å²) in [7, 11) is 0. The van der Waals surface area contributed by atoms with Crippen molar-refractivity contribution in [2.24, 2.45) is 0 Å². The molecule has 0 radical (unpaired) electrons. The minimum Gasteiger partial charge on any atom is -0.389 e. The van der Waals surface area contributed by atoms with Gasteiger partial charge in [0.15, 0.2) is 0 Å². The molecule has 2 nitrogen and oxygen atoms in total. The zero-order valence-corrected chi connectivity index (χ0v) is 12.9. The summed E-state index contributed by atoms with van der Waals surface area (Å²) >= 11 is 12.3. The van der Waals surface area contributed by atoms with E-state index in [2.05, 4.69) is 5.32 Å². The van der Waals surface area contributed by atoms with Gasteiger partial charge >= 0.3 is 0 Å². The maximum atomic E-state index is 9.80. The standard InChI is InChI=1S/C16H17Cl2NO/c1-10(12-7-5-8-14(17)16(12)18)19-15-9-4-3-6-13(15)11(2)20/h3-11,19-20H,1-2H3. The van der Waals surface area contributed by atoms with Crippen LogP contribution in [-0.4, -0.2) is 5.11 Å². The van der Waals surface area contributed by atoms with E-state index in [9.17, 15) is 5.11 Å². The van der Waals surface area contributed by atoms with Crippen molar-refractivity contribution in [3.05, 3.63) is 63.6 Å². The lowest BCUT2D eigenvalue weighted by Gasteiger charge is -2.20. The van der Waals surface area contributed by atoms with Gasteiger partial charge < -0.3 is 10.4 Å². The van der Waals surface area contributed by atoms with Gasteiger partial charge in [0.05, 0.1) is 22.2 Å². The van der Waals surface area contributed by atoms with Crippen LogP contribution in [0.4, 0.5) is 5.69 Å². The Balaban J connectivity index is 2.28. The number of hydrogen-bond acceptors (Lipinski definition) is 2. The molecule has 2 aromatic carbocycles. The molecule has 0 heterocycles. The second-order valence-electron chi connectivity index (χ2n) is 4.77. The summed E-state index contributed by atoms with van der Waals surface area (Å²) in [6.45, 7) is 3.76. The third-order valence-corrected chi connectivity index (χ3v) is 4.06. The quantitative estimate of drug-likeness (QED) is 0.811. The van der Waals surface area contributed by atoms with E-state index in [-0.39, 0.29) is 6.04 Å². The number of nitrogens with one attached hydrogen (secondary N) is 1. The van der Waals surface area contributed by atoms with Crippen LogP contribution in [0.15, 0.2) is 42.5 Å². The first-order valence-electron chi connectivity index (χ1n) is 6.48. The van der Waals surface area contributed by atoms with Crippen molar-refractivity contribution < 1.29 is 5.11 Å². The Hall–Kier alpha value is -1.22. The topological polar surface area (TPSA) is 32.3 Å². The predicted molar refractivity (Wildman–Crippen MR) is 85.6 cm³/mol. The summed E-state index contributed by atoms with van der Waals surface area (Å²) in [5, 5.41) is 14.3. The molecule has 4 heteroatoms. The van der Waals surface area contributed by atoms with Crippen LogP contribution < -0.4 is 5.32 Å². The number of rotatable bonds is 4. The van der Waals surface area contributed by atoms with Crippen molar-refractivity contribution in [1.82, 2.24) is 0 Å². The van der Waals surface area contributed by atoms with Gasteiger partial charge in [-0.1, -0.05) is 53.5 Å². The van der Waals surface area contributed by atoms with Gasteiger partial charge in [-0.15, -0.1) is 0 Å². The molecule has 2 aromatic rings. The van der Waals surface area contributed by atoms with E-state index < -0.39 is 6.10 Å². The van der Waals surface area contributed by atoms with Gasteiger partial charge in [0.2, 0.25) is 0 Å². The predicted octanol–water partition coefficient (Wildman–Crippen LogP) is 5.22. The van der Waals surface area contributed by atoms with Gasteiger partial charge in [-0.25, -0.2) is 0 Å². The Morgan fingerprint density at radius 3 is 2.30 bits per heavy atom. The molecule has 0 aliphatic carbocycles. The third-order valence-electron chi connectivity index (χ3n) is 3.23. The zero-order valence-electron chi connectivity index (χ0n) is 11.4. The lowest BCUT2D eigenvalue weighted by molar-refractivity contribution is 0.200. The van der Waals surface area contributed by atoms with Crippen LogP contribution in [0.3, 0.4) is 0 Å². The van der Waals surface area contributed by atoms with Gasteiger partial charge in [0.25, 0.3) is 0 Å². The van der Waals surface area contributed by atoms with E-state index in [1.54, 1.807) is 13.0 Å². The highest BCUT2D eigenvalue weighted by molar-refractivity contribution is 6.42. The molecule has 0 aromatic heterocycles. The van der Waals surface area contributed by atoms with Crippen molar-refractivity contribution in [3.63, 3.8) is 0 Å². The van der Waals surface area contributed by atoms with Crippen LogP contribution in [0.5, 0.6) is 0 Å². The second kappa shape index (κ2) is 6.49. The van der Waals surface area contributed by atoms with Gasteiger partial charge in [-0.2, -0.15) is 0 Å². The SMILES string of the molecule is CC(O)c1ccccc1NC(C)c1cccc(Cl)c1Cl. The summed E-state index contributed by atoms with van der Waals surface area (Å²) in [6.07, 6.45) is -0.527. The average Bonchev–Trinajstić information content (AvgIpc) is 2.42. The maximum absolute atomic E-state index is 9.80. The molecular weight excluding hydrogens is 293 g/mol. The van der Waals surface area contributed by atoms with Gasteiger partial charge in [-0.05, 0) is 31.5 Å². The molecule has 0 fully saturated rings. The Morgan fingerprint density at radius 1 is 0.950 bits per heavy atom. The molecule has 2 unspecified atom stereocenters. The maximum Gasteiger partial charge on any atom is 0.0781 e. The number of hydrogen-bond donors (Lipinski definition) is 2. The van der Waals surface area contributed by atoms with E-state index in [0.717, 1.165) is 16.8 Å². The number of aliphatic hydroxyl groups is 1. The third kappa shape index (κ3) is 3.26. The van der Waals surface area contributed by atoms with E-state index in [1.807, 2.05) is 43.3 Å². The average molecular weight is 310 g/mol. The first-order chi connectivity index (χ1) is 9.50. The largest absolute Gasteiger partial charge is 0.389 e. The monoisotopic (exact) mass is 309 g/mol. The molecule has 0 spiro atoms. The first kappa shape index (κ1) is 15.2. The van der Waals surface area contributed by atoms with Crippen LogP contribution in [-0.2, 0) is 0 Å². The molecule has 2 atom stereocenters. The number of anilines is 1. The first-order valence-corrected chi connectivity index (χ1v) is 7.23. The lowest BCUT2D eigenvalue weighted by Crippen LogP contribution is -2.10. The fraction of sp³-hybridized carbons (Fsp3) is 0.250. The molecule has 0 saturated carbocycles. The van der Waals surface area contributed by atoms with Crippen LogP contribution in [0.25, 0.3) is 0 Å². The fourth-order valence-electron chi connectivity index (χ4n) is 2.16. The zero-order chi connectivity index (χ0) is 14.7. The van der Waals surface area contributed by atoms with E-state index in [4.69, 9.17) is 23.2 Å². The Labute approximate surface area is 129 Å². The molecule has 0 aliphatic rings. The molecule has 2 rings (SSSR count). The number of halogens is 2. The van der Waals surface area contributed by atoms with Gasteiger partial charge in [-0.3, -0.25) is 0 Å². The van der Waals surface area contributed by atoms with Crippen molar-refractivity contribution in [3.8, 4) is 0 Å². The summed E-state index contributed by atoms with van der Waals surface area (Å²) in [6, 6.07) is 13.3. The van der Waals surface area contributed by atoms with Crippen LogP contribution in [0, 0.1) is 0 Å². The smallest absolute Gasteiger partial charge is 0.0781 e. The van der Waals surface area contributed by atoms with Crippen LogP contribution >= 0.6 is 23.2 Å². The highest BCUT2D eigenvalue weighted by Crippen LogP contribution is 2.33. The Bertz CT molecular complexity index is 599. The van der Waals surface area contributed by atoms with Crippen molar-refractivity contribution in [1.29, 1.82) is 0 Å². The summed E-state index contributed by atoms with van der Waals surface area (Å²) in [4.78, 5) is 0. The van der Waals surface area contributed by atoms with E-state index in [0.29, 0.717) is 10.0 Å². The Morgan fingerprint density at radius 2 is 1.60 bits per heavy atom. The molecule has 2 N–H and O–H groups in total. The molecule has 106 valence electrons. The van der Waals surface area contributed by atoms with E-state index >= 15 is 0 Å². The van der Waals surface area contributed by atoms with Gasteiger partial charge in [0.1, 0.15) is 0 Å². The van der Waals surface area contributed by atoms with Crippen LogP contribution in [0.1, 0.15) is 37.1 Å². The minimum atomic E-state index is -0.527. The highest BCUT2D eigenvalue weighted by atomic mass is 35.5. The number of benzene rings is 2. The van der Waals surface area contributed by atoms with E-state index in [1.165, 1.54) is 0 Å². The fourth-order valence-corrected chi connectivity index (χ4v) is 2.63. The normalized spacial score (nSPS) is 13.8. The molecule has 0 saturated heterocycles. The summed E-state index contributed by atoms with van der Waals surface area (Å²) < 4.78 is 0. The summed E-state index contributed by atoms with van der Waals surface area (Å²) in [5.74, 6) is 0. The summed E-state index contributed by atoms with van der Waals surface area (Å²) in [5.41, 5.74) is 2.68. The minimum absolute atomic E-state index is 0.0129. The highest BCUT2D eigenvalue weighted by Gasteiger charge is 2.14. The molecular formula is C16H17Cl2NO. The molecule has 0 aliphatic heterocycles.